The Balaban J connectivity index is 1.74. The van der Waals surface area contributed by atoms with E-state index in [1.807, 2.05) is 6.07 Å². The van der Waals surface area contributed by atoms with E-state index in [2.05, 4.69) is 31.3 Å². The predicted octanol–water partition coefficient (Wildman–Crippen LogP) is 1.55. The molecule has 0 saturated carbocycles. The van der Waals surface area contributed by atoms with E-state index < -0.39 is 0 Å². The number of aromatic nitrogens is 6. The average molecular weight is 442 g/mol. The van der Waals surface area contributed by atoms with Crippen molar-refractivity contribution in [3.63, 3.8) is 0 Å². The molecule has 1 aliphatic heterocycles. The van der Waals surface area contributed by atoms with Crippen LogP contribution in [-0.2, 0) is 7.05 Å². The van der Waals surface area contributed by atoms with Crippen molar-refractivity contribution in [3.8, 4) is 23.1 Å². The molecule has 164 valence electrons. The van der Waals surface area contributed by atoms with Crippen LogP contribution >= 0.6 is 0 Å². The molecule has 11 nitrogen and oxygen atoms in total. The van der Waals surface area contributed by atoms with E-state index in [-0.39, 0.29) is 36.0 Å². The molecule has 5 heterocycles. The number of carbonyl (C=O) groups is 1. The lowest BCUT2D eigenvalue weighted by molar-refractivity contribution is 0.0767. The van der Waals surface area contributed by atoms with Gasteiger partial charge in [0, 0.05) is 42.9 Å². The first-order valence-corrected chi connectivity index (χ1v) is 10.1. The first-order chi connectivity index (χ1) is 16.0. The van der Waals surface area contributed by atoms with E-state index in [0.29, 0.717) is 33.8 Å². The zero-order chi connectivity index (χ0) is 23.1. The van der Waals surface area contributed by atoms with Gasteiger partial charge >= 0.3 is 0 Å². The van der Waals surface area contributed by atoms with Crippen LogP contribution in [0, 0.1) is 11.3 Å². The summed E-state index contributed by atoms with van der Waals surface area (Å²) < 4.78 is 7.29. The van der Waals surface area contributed by atoms with Crippen molar-refractivity contribution in [2.45, 2.75) is 0 Å². The predicted molar refractivity (Wildman–Crippen MR) is 119 cm³/mol. The van der Waals surface area contributed by atoms with Crippen LogP contribution in [0.4, 0.5) is 0 Å². The number of rotatable bonds is 0. The van der Waals surface area contributed by atoms with Gasteiger partial charge < -0.3 is 14.6 Å². The quantitative estimate of drug-likeness (QED) is 0.420. The van der Waals surface area contributed by atoms with E-state index in [0.717, 1.165) is 5.39 Å². The minimum absolute atomic E-state index is 0.162. The SMILES string of the molecule is CN1CCOc2c[nH]c(=O)cc2-c2cc3c(n[nH]c3cn2)/C=C/c2c(nn(C)c2C#N)C1=O. The second-order valence-corrected chi connectivity index (χ2v) is 7.55. The highest BCUT2D eigenvalue weighted by molar-refractivity contribution is 5.99. The fourth-order valence-electron chi connectivity index (χ4n) is 3.72. The van der Waals surface area contributed by atoms with Gasteiger partial charge in [-0.1, -0.05) is 0 Å². The Kier molecular flexibility index (Phi) is 4.75. The lowest BCUT2D eigenvalue weighted by Gasteiger charge is -2.17. The highest BCUT2D eigenvalue weighted by atomic mass is 16.5. The summed E-state index contributed by atoms with van der Waals surface area (Å²) in [6.45, 7) is 0.427. The summed E-state index contributed by atoms with van der Waals surface area (Å²) in [6.07, 6.45) is 6.49. The Hall–Kier alpha value is -4.72. The summed E-state index contributed by atoms with van der Waals surface area (Å²) in [5, 5.41) is 21.9. The van der Waals surface area contributed by atoms with Gasteiger partial charge in [-0.15, -0.1) is 0 Å². The number of aryl methyl sites for hydroxylation is 1. The molecule has 0 unspecified atom stereocenters. The molecule has 0 spiro atoms. The normalized spacial score (nSPS) is 14.7. The molecule has 5 rings (SSSR count). The monoisotopic (exact) mass is 442 g/mol. The van der Waals surface area contributed by atoms with E-state index in [1.54, 1.807) is 32.4 Å². The molecule has 1 amide bonds. The van der Waals surface area contributed by atoms with Crippen molar-refractivity contribution in [1.82, 2.24) is 34.8 Å². The molecule has 0 fully saturated rings. The standard InChI is InChI=1S/C22H18N8O3/c1-29-5-6-33-19-11-25-20(31)8-14(19)16-7-13-15(26-27-17(13)10-24-16)4-3-12-18(9-23)30(2)28-21(12)22(29)32/h3-4,7-8,10-11H,5-6H2,1-2H3,(H,25,31)(H,26,27)/b4-3+. The Labute approximate surface area is 186 Å². The highest BCUT2D eigenvalue weighted by Gasteiger charge is 2.23. The maximum Gasteiger partial charge on any atom is 0.274 e. The lowest BCUT2D eigenvalue weighted by Crippen LogP contribution is -2.31. The molecule has 0 radical (unpaired) electrons. The van der Waals surface area contributed by atoms with Crippen molar-refractivity contribution in [2.75, 3.05) is 20.2 Å². The molecule has 33 heavy (non-hydrogen) atoms. The summed E-state index contributed by atoms with van der Waals surface area (Å²) in [6, 6.07) is 5.34. The molecule has 4 aromatic rings. The molecule has 2 N–H and O–H groups in total. The number of nitrogens with one attached hydrogen (secondary N) is 2. The number of amides is 1. The van der Waals surface area contributed by atoms with Crippen molar-refractivity contribution >= 4 is 29.0 Å². The minimum atomic E-state index is -0.346. The van der Waals surface area contributed by atoms with Gasteiger partial charge in [-0.25, -0.2) is 0 Å². The first kappa shape index (κ1) is 20.2. The zero-order valence-corrected chi connectivity index (χ0v) is 17.8. The largest absolute Gasteiger partial charge is 0.489 e. The summed E-state index contributed by atoms with van der Waals surface area (Å²) in [5.74, 6) is 0.0874. The Morgan fingerprint density at radius 3 is 2.88 bits per heavy atom. The van der Waals surface area contributed by atoms with Crippen molar-refractivity contribution < 1.29 is 9.53 Å². The van der Waals surface area contributed by atoms with Crippen molar-refractivity contribution in [2.24, 2.45) is 7.05 Å². The average Bonchev–Trinajstić information content (AvgIpc) is 3.36. The third-order valence-electron chi connectivity index (χ3n) is 5.47. The third-order valence-corrected chi connectivity index (χ3v) is 5.47. The maximum absolute atomic E-state index is 13.1. The number of pyridine rings is 2. The molecule has 0 saturated heterocycles. The minimum Gasteiger partial charge on any atom is -0.489 e. The smallest absolute Gasteiger partial charge is 0.274 e. The number of ether oxygens (including phenoxy) is 1. The topological polar surface area (TPSA) is 146 Å². The first-order valence-electron chi connectivity index (χ1n) is 10.1. The maximum atomic E-state index is 13.1. The number of hydrogen-bond donors (Lipinski definition) is 2. The van der Waals surface area contributed by atoms with E-state index in [1.165, 1.54) is 21.8 Å². The fourth-order valence-corrected chi connectivity index (χ4v) is 3.72. The van der Waals surface area contributed by atoms with Crippen LogP contribution in [-0.4, -0.2) is 61.0 Å². The van der Waals surface area contributed by atoms with E-state index in [9.17, 15) is 14.9 Å². The van der Waals surface area contributed by atoms with Crippen LogP contribution in [0.5, 0.6) is 5.75 Å². The molecule has 0 atom stereocenters. The molecule has 0 aliphatic carbocycles. The van der Waals surface area contributed by atoms with Crippen LogP contribution in [0.2, 0.25) is 0 Å². The summed E-state index contributed by atoms with van der Waals surface area (Å²) in [4.78, 5) is 33.7. The summed E-state index contributed by atoms with van der Waals surface area (Å²) >= 11 is 0. The zero-order valence-electron chi connectivity index (χ0n) is 17.8. The van der Waals surface area contributed by atoms with Crippen LogP contribution in [0.25, 0.3) is 34.3 Å². The van der Waals surface area contributed by atoms with Crippen LogP contribution in [0.3, 0.4) is 0 Å². The second-order valence-electron chi connectivity index (χ2n) is 7.55. The van der Waals surface area contributed by atoms with Crippen LogP contribution in [0.15, 0.2) is 29.3 Å². The van der Waals surface area contributed by atoms with Crippen molar-refractivity contribution in [3.05, 3.63) is 57.5 Å². The Bertz CT molecular complexity index is 1540. The van der Waals surface area contributed by atoms with Crippen molar-refractivity contribution in [1.29, 1.82) is 5.26 Å². The molecular formula is C22H18N8O3. The number of carbonyl (C=O) groups excluding carboxylic acids is 1. The van der Waals surface area contributed by atoms with Gasteiger partial charge in [-0.3, -0.25) is 24.4 Å². The van der Waals surface area contributed by atoms with Gasteiger partial charge in [0.1, 0.15) is 24.1 Å². The molecule has 1 aliphatic rings. The lowest BCUT2D eigenvalue weighted by atomic mass is 10.1. The number of hydrogen-bond acceptors (Lipinski definition) is 7. The number of likely N-dealkylation sites (N-methyl/N-ethyl adjacent to an activating group) is 1. The second kappa shape index (κ2) is 7.76. The van der Waals surface area contributed by atoms with E-state index in [4.69, 9.17) is 4.74 Å². The van der Waals surface area contributed by atoms with Gasteiger partial charge in [-0.05, 0) is 18.2 Å². The van der Waals surface area contributed by atoms with Crippen LogP contribution in [0.1, 0.15) is 27.4 Å². The number of nitriles is 1. The molecule has 4 aromatic heterocycles. The number of fused-ring (bicyclic) bond motifs is 4. The van der Waals surface area contributed by atoms with Gasteiger partial charge in [0.2, 0.25) is 5.56 Å². The molecule has 2 bridgehead atoms. The number of H-pyrrole nitrogens is 2. The van der Waals surface area contributed by atoms with Gasteiger partial charge in [0.15, 0.2) is 5.69 Å². The Morgan fingerprint density at radius 1 is 1.21 bits per heavy atom. The van der Waals surface area contributed by atoms with Gasteiger partial charge in [-0.2, -0.15) is 15.5 Å². The van der Waals surface area contributed by atoms with Crippen LogP contribution < -0.4 is 10.3 Å². The third kappa shape index (κ3) is 3.43. The Morgan fingerprint density at radius 2 is 2.06 bits per heavy atom. The van der Waals surface area contributed by atoms with Gasteiger partial charge in [0.25, 0.3) is 5.91 Å². The fraction of sp³-hybridized carbons (Fsp3) is 0.182. The molecule has 0 aromatic carbocycles. The molecular weight excluding hydrogens is 424 g/mol. The summed E-state index contributed by atoms with van der Waals surface area (Å²) in [5.41, 5.74) is 2.88. The molecule has 11 heteroatoms. The van der Waals surface area contributed by atoms with Gasteiger partial charge in [0.05, 0.1) is 29.6 Å². The summed E-state index contributed by atoms with van der Waals surface area (Å²) in [7, 11) is 3.25. The van der Waals surface area contributed by atoms with E-state index >= 15 is 0 Å². The highest BCUT2D eigenvalue weighted by Crippen LogP contribution is 2.30. The number of nitrogens with zero attached hydrogens (tertiary/aromatic N) is 6. The number of aromatic amines is 2.